The summed E-state index contributed by atoms with van der Waals surface area (Å²) in [7, 11) is 0. The SMILES string of the molecule is Cc1nc2ccc(CNC(CC(F)(F)F)C(=O)O)cc2s1. The van der Waals surface area contributed by atoms with Gasteiger partial charge in [-0.05, 0) is 24.6 Å². The summed E-state index contributed by atoms with van der Waals surface area (Å²) in [5, 5.41) is 12.1. The van der Waals surface area contributed by atoms with E-state index in [-0.39, 0.29) is 6.54 Å². The van der Waals surface area contributed by atoms with E-state index in [0.29, 0.717) is 0 Å². The molecule has 114 valence electrons. The minimum absolute atomic E-state index is 0.0555. The van der Waals surface area contributed by atoms with Gasteiger partial charge < -0.3 is 10.4 Å². The Hall–Kier alpha value is -1.67. The third-order valence-corrected chi connectivity index (χ3v) is 3.78. The lowest BCUT2D eigenvalue weighted by atomic mass is 10.1. The van der Waals surface area contributed by atoms with Crippen molar-refractivity contribution in [3.63, 3.8) is 0 Å². The minimum atomic E-state index is -4.52. The highest BCUT2D eigenvalue weighted by Gasteiger charge is 2.35. The fourth-order valence-corrected chi connectivity index (χ4v) is 2.80. The maximum absolute atomic E-state index is 12.3. The Labute approximate surface area is 122 Å². The van der Waals surface area contributed by atoms with Gasteiger partial charge >= 0.3 is 12.1 Å². The van der Waals surface area contributed by atoms with Crippen LogP contribution in [-0.2, 0) is 11.3 Å². The molecule has 1 unspecified atom stereocenters. The van der Waals surface area contributed by atoms with Gasteiger partial charge in [0, 0.05) is 6.54 Å². The van der Waals surface area contributed by atoms with Crippen LogP contribution in [0.25, 0.3) is 10.2 Å². The van der Waals surface area contributed by atoms with E-state index >= 15 is 0 Å². The number of carbonyl (C=O) groups is 1. The molecular weight excluding hydrogens is 305 g/mol. The first-order valence-corrected chi connectivity index (χ1v) is 6.95. The molecule has 2 N–H and O–H groups in total. The molecule has 0 spiro atoms. The molecule has 1 aromatic heterocycles. The van der Waals surface area contributed by atoms with Gasteiger partial charge in [0.05, 0.1) is 21.6 Å². The highest BCUT2D eigenvalue weighted by atomic mass is 32.1. The lowest BCUT2D eigenvalue weighted by molar-refractivity contribution is -0.158. The molecule has 2 rings (SSSR count). The summed E-state index contributed by atoms with van der Waals surface area (Å²) < 4.78 is 37.8. The Morgan fingerprint density at radius 2 is 2.19 bits per heavy atom. The van der Waals surface area contributed by atoms with Crippen molar-refractivity contribution in [2.24, 2.45) is 0 Å². The number of aliphatic carboxylic acids is 1. The van der Waals surface area contributed by atoms with Crippen LogP contribution in [0.2, 0.25) is 0 Å². The van der Waals surface area contributed by atoms with Crippen LogP contribution in [0.3, 0.4) is 0 Å². The van der Waals surface area contributed by atoms with Crippen molar-refractivity contribution in [2.75, 3.05) is 0 Å². The standard InChI is InChI=1S/C13H13F3N2O2S/c1-7-18-9-3-2-8(4-11(9)21-7)6-17-10(12(19)20)5-13(14,15)16/h2-4,10,17H,5-6H2,1H3,(H,19,20). The van der Waals surface area contributed by atoms with Crippen molar-refractivity contribution < 1.29 is 23.1 Å². The fourth-order valence-electron chi connectivity index (χ4n) is 1.91. The number of rotatable bonds is 5. The third-order valence-electron chi connectivity index (χ3n) is 2.85. The number of fused-ring (bicyclic) bond motifs is 1. The molecule has 0 aliphatic carbocycles. The number of aryl methyl sites for hydroxylation is 1. The van der Waals surface area contributed by atoms with Crippen LogP contribution in [0.1, 0.15) is 17.0 Å². The Morgan fingerprint density at radius 3 is 2.81 bits per heavy atom. The molecule has 1 atom stereocenters. The van der Waals surface area contributed by atoms with Crippen molar-refractivity contribution in [1.82, 2.24) is 10.3 Å². The van der Waals surface area contributed by atoms with Crippen LogP contribution in [0.5, 0.6) is 0 Å². The van der Waals surface area contributed by atoms with Gasteiger partial charge in [0.1, 0.15) is 6.04 Å². The zero-order valence-electron chi connectivity index (χ0n) is 11.1. The molecule has 0 saturated carbocycles. The quantitative estimate of drug-likeness (QED) is 0.889. The number of halogens is 3. The lowest BCUT2D eigenvalue weighted by Gasteiger charge is -2.16. The number of aromatic nitrogens is 1. The number of carboxylic acids is 1. The predicted molar refractivity (Wildman–Crippen MR) is 73.3 cm³/mol. The lowest BCUT2D eigenvalue weighted by Crippen LogP contribution is -2.39. The second kappa shape index (κ2) is 5.98. The molecule has 0 amide bonds. The zero-order valence-corrected chi connectivity index (χ0v) is 11.9. The van der Waals surface area contributed by atoms with Crippen LogP contribution in [-0.4, -0.2) is 28.3 Å². The number of alkyl halides is 3. The molecule has 4 nitrogen and oxygen atoms in total. The first kappa shape index (κ1) is 15.7. The highest BCUT2D eigenvalue weighted by molar-refractivity contribution is 7.18. The predicted octanol–water partition coefficient (Wildman–Crippen LogP) is 3.10. The van der Waals surface area contributed by atoms with Gasteiger partial charge in [-0.2, -0.15) is 13.2 Å². The van der Waals surface area contributed by atoms with Crippen LogP contribution in [0, 0.1) is 6.92 Å². The van der Waals surface area contributed by atoms with E-state index in [1.807, 2.05) is 6.92 Å². The van der Waals surface area contributed by atoms with Crippen LogP contribution < -0.4 is 5.32 Å². The highest BCUT2D eigenvalue weighted by Crippen LogP contribution is 2.24. The molecule has 2 aromatic rings. The number of nitrogens with zero attached hydrogens (tertiary/aromatic N) is 1. The van der Waals surface area contributed by atoms with E-state index in [2.05, 4.69) is 10.3 Å². The summed E-state index contributed by atoms with van der Waals surface area (Å²) >= 11 is 1.48. The molecule has 0 fully saturated rings. The zero-order chi connectivity index (χ0) is 15.6. The fraction of sp³-hybridized carbons (Fsp3) is 0.385. The Morgan fingerprint density at radius 1 is 1.48 bits per heavy atom. The van der Waals surface area contributed by atoms with E-state index in [0.717, 1.165) is 20.8 Å². The van der Waals surface area contributed by atoms with Gasteiger partial charge in [-0.1, -0.05) is 6.07 Å². The van der Waals surface area contributed by atoms with E-state index in [1.54, 1.807) is 18.2 Å². The van der Waals surface area contributed by atoms with Crippen molar-refractivity contribution in [3.8, 4) is 0 Å². The number of carboxylic acid groups (broad SMARTS) is 1. The molecule has 0 bridgehead atoms. The molecular formula is C13H13F3N2O2S. The molecule has 8 heteroatoms. The summed E-state index contributed by atoms with van der Waals surface area (Å²) in [4.78, 5) is 15.1. The summed E-state index contributed by atoms with van der Waals surface area (Å²) in [6, 6.07) is 3.65. The molecule has 0 aliphatic heterocycles. The van der Waals surface area contributed by atoms with E-state index in [9.17, 15) is 18.0 Å². The van der Waals surface area contributed by atoms with Crippen molar-refractivity contribution >= 4 is 27.5 Å². The number of hydrogen-bond acceptors (Lipinski definition) is 4. The van der Waals surface area contributed by atoms with Gasteiger partial charge in [-0.3, -0.25) is 4.79 Å². The van der Waals surface area contributed by atoms with Gasteiger partial charge in [-0.15, -0.1) is 11.3 Å². The molecule has 21 heavy (non-hydrogen) atoms. The minimum Gasteiger partial charge on any atom is -0.480 e. The number of nitrogens with one attached hydrogen (secondary N) is 1. The number of hydrogen-bond donors (Lipinski definition) is 2. The average molecular weight is 318 g/mol. The van der Waals surface area contributed by atoms with Crippen LogP contribution in [0.15, 0.2) is 18.2 Å². The molecule has 1 heterocycles. The Balaban J connectivity index is 2.06. The van der Waals surface area contributed by atoms with Crippen molar-refractivity contribution in [3.05, 3.63) is 28.8 Å². The first-order chi connectivity index (χ1) is 9.74. The molecule has 0 saturated heterocycles. The number of benzene rings is 1. The molecule has 0 aliphatic rings. The number of thiazole rings is 1. The largest absolute Gasteiger partial charge is 0.480 e. The van der Waals surface area contributed by atoms with Gasteiger partial charge in [-0.25, -0.2) is 4.98 Å². The normalized spacial score (nSPS) is 13.5. The summed E-state index contributed by atoms with van der Waals surface area (Å²) in [5.41, 5.74) is 1.55. The van der Waals surface area contributed by atoms with Gasteiger partial charge in [0.2, 0.25) is 0 Å². The maximum atomic E-state index is 12.3. The second-order valence-corrected chi connectivity index (χ2v) is 5.86. The van der Waals surface area contributed by atoms with Crippen LogP contribution in [0.4, 0.5) is 13.2 Å². The maximum Gasteiger partial charge on any atom is 0.391 e. The Bertz CT molecular complexity index is 654. The topological polar surface area (TPSA) is 62.2 Å². The smallest absolute Gasteiger partial charge is 0.391 e. The van der Waals surface area contributed by atoms with Crippen molar-refractivity contribution in [1.29, 1.82) is 0 Å². The van der Waals surface area contributed by atoms with Gasteiger partial charge in [0.15, 0.2) is 0 Å². The second-order valence-electron chi connectivity index (χ2n) is 4.63. The molecule has 1 aromatic carbocycles. The summed E-state index contributed by atoms with van der Waals surface area (Å²) in [5.74, 6) is -1.51. The molecule has 0 radical (unpaired) electrons. The summed E-state index contributed by atoms with van der Waals surface area (Å²) in [6.45, 7) is 1.92. The van der Waals surface area contributed by atoms with Gasteiger partial charge in [0.25, 0.3) is 0 Å². The van der Waals surface area contributed by atoms with E-state index in [1.165, 1.54) is 11.3 Å². The van der Waals surface area contributed by atoms with Crippen LogP contribution >= 0.6 is 11.3 Å². The Kier molecular flexibility index (Phi) is 4.48. The third kappa shape index (κ3) is 4.40. The van der Waals surface area contributed by atoms with Crippen molar-refractivity contribution in [2.45, 2.75) is 32.1 Å². The monoisotopic (exact) mass is 318 g/mol. The average Bonchev–Trinajstić information content (AvgIpc) is 2.72. The summed E-state index contributed by atoms with van der Waals surface area (Å²) in [6.07, 6.45) is -5.92. The first-order valence-electron chi connectivity index (χ1n) is 6.13. The van der Waals surface area contributed by atoms with E-state index < -0.39 is 24.6 Å². The van der Waals surface area contributed by atoms with E-state index in [4.69, 9.17) is 5.11 Å².